The van der Waals surface area contributed by atoms with E-state index in [1.54, 1.807) is 26.0 Å². The summed E-state index contributed by atoms with van der Waals surface area (Å²) in [5.41, 5.74) is 5.22. The van der Waals surface area contributed by atoms with Gasteiger partial charge in [0.05, 0.1) is 30.9 Å². The van der Waals surface area contributed by atoms with E-state index in [1.165, 1.54) is 0 Å². The van der Waals surface area contributed by atoms with Gasteiger partial charge in [-0.1, -0.05) is 36.4 Å². The monoisotopic (exact) mass is 401 g/mol. The number of methoxy groups -OCH3 is 2. The van der Waals surface area contributed by atoms with Gasteiger partial charge in [0.25, 0.3) is 0 Å². The highest BCUT2D eigenvalue weighted by molar-refractivity contribution is 8.00. The Labute approximate surface area is 173 Å². The van der Waals surface area contributed by atoms with E-state index in [4.69, 9.17) is 9.47 Å². The lowest BCUT2D eigenvalue weighted by atomic mass is 9.99. The lowest BCUT2D eigenvalue weighted by Crippen LogP contribution is -2.09. The van der Waals surface area contributed by atoms with Gasteiger partial charge >= 0.3 is 0 Å². The number of thioether (sulfide) groups is 1. The fourth-order valence-electron chi connectivity index (χ4n) is 3.94. The summed E-state index contributed by atoms with van der Waals surface area (Å²) < 4.78 is 11.1. The van der Waals surface area contributed by atoms with Crippen molar-refractivity contribution < 1.29 is 14.3 Å². The van der Waals surface area contributed by atoms with Crippen LogP contribution in [0.3, 0.4) is 0 Å². The second-order valence-corrected chi connectivity index (χ2v) is 8.04. The van der Waals surface area contributed by atoms with E-state index in [0.29, 0.717) is 0 Å². The number of anilines is 1. The Morgan fingerprint density at radius 3 is 2.45 bits per heavy atom. The van der Waals surface area contributed by atoms with E-state index in [2.05, 4.69) is 11.4 Å². The second-order valence-electron chi connectivity index (χ2n) is 6.89. The van der Waals surface area contributed by atoms with Crippen LogP contribution >= 0.6 is 11.8 Å². The zero-order chi connectivity index (χ0) is 20.0. The Morgan fingerprint density at radius 1 is 0.897 bits per heavy atom. The lowest BCUT2D eigenvalue weighted by molar-refractivity contribution is 0.103. The van der Waals surface area contributed by atoms with Gasteiger partial charge in [0.2, 0.25) is 0 Å². The molecule has 0 amide bonds. The Bertz CT molecular complexity index is 1170. The number of hydrogen-bond acceptors (Lipinski definition) is 5. The summed E-state index contributed by atoms with van der Waals surface area (Å²) in [6.45, 7) is 0. The fourth-order valence-corrected chi connectivity index (χ4v) is 5.26. The van der Waals surface area contributed by atoms with Crippen LogP contribution in [0.5, 0.6) is 11.5 Å². The van der Waals surface area contributed by atoms with Gasteiger partial charge in [-0.15, -0.1) is 11.8 Å². The molecule has 0 aromatic heterocycles. The summed E-state index contributed by atoms with van der Waals surface area (Å²) in [6, 6.07) is 21.6. The van der Waals surface area contributed by atoms with E-state index < -0.39 is 0 Å². The van der Waals surface area contributed by atoms with Gasteiger partial charge in [-0.3, -0.25) is 4.79 Å². The first kappa shape index (κ1) is 17.9. The highest BCUT2D eigenvalue weighted by Crippen LogP contribution is 2.54. The normalized spacial score (nSPS) is 17.0. The predicted molar refractivity (Wildman–Crippen MR) is 116 cm³/mol. The van der Waals surface area contributed by atoms with Gasteiger partial charge < -0.3 is 14.8 Å². The van der Waals surface area contributed by atoms with E-state index in [-0.39, 0.29) is 11.0 Å². The fraction of sp³-hybridized carbons (Fsp3) is 0.125. The zero-order valence-corrected chi connectivity index (χ0v) is 16.9. The highest BCUT2D eigenvalue weighted by Gasteiger charge is 2.39. The predicted octanol–water partition coefficient (Wildman–Crippen LogP) is 5.57. The van der Waals surface area contributed by atoms with Crippen LogP contribution in [-0.4, -0.2) is 20.0 Å². The molecule has 0 fully saturated rings. The van der Waals surface area contributed by atoms with Gasteiger partial charge in [0, 0.05) is 27.2 Å². The molecule has 1 heterocycles. The Hall–Kier alpha value is -3.18. The maximum atomic E-state index is 13.5. The van der Waals surface area contributed by atoms with Crippen LogP contribution < -0.4 is 14.8 Å². The van der Waals surface area contributed by atoms with Crippen molar-refractivity contribution in [1.29, 1.82) is 0 Å². The number of ether oxygens (including phenoxy) is 2. The standard InChI is InChI=1S/C24H19NO3S/c1-27-14-11-12-19(28-2)17(13-14)24-21-22(15-7-3-4-8-16(15)23(21)26)25-18-9-5-6-10-20(18)29-24/h3-13,24-25H,1-2H3/t24-/m1/s1. The van der Waals surface area contributed by atoms with Crippen molar-refractivity contribution >= 4 is 28.9 Å². The van der Waals surface area contributed by atoms with E-state index in [0.717, 1.165) is 50.0 Å². The smallest absolute Gasteiger partial charge is 0.193 e. The summed E-state index contributed by atoms with van der Waals surface area (Å²) in [5.74, 6) is 1.52. The van der Waals surface area contributed by atoms with Crippen LogP contribution in [0.25, 0.3) is 5.70 Å². The molecule has 3 aromatic carbocycles. The van der Waals surface area contributed by atoms with Crippen LogP contribution in [0, 0.1) is 0 Å². The maximum absolute atomic E-state index is 13.5. The third-order valence-electron chi connectivity index (χ3n) is 5.33. The van der Waals surface area contributed by atoms with Gasteiger partial charge in [-0.25, -0.2) is 0 Å². The van der Waals surface area contributed by atoms with Crippen LogP contribution in [-0.2, 0) is 0 Å². The average molecular weight is 401 g/mol. The number of hydrogen-bond donors (Lipinski definition) is 1. The molecule has 0 spiro atoms. The first-order chi connectivity index (χ1) is 14.2. The van der Waals surface area contributed by atoms with Crippen LogP contribution in [0.1, 0.15) is 26.7 Å². The Morgan fingerprint density at radius 2 is 1.66 bits per heavy atom. The van der Waals surface area contributed by atoms with Gasteiger partial charge in [-0.2, -0.15) is 0 Å². The molecule has 1 atom stereocenters. The molecular weight excluding hydrogens is 382 g/mol. The molecule has 1 aliphatic heterocycles. The van der Waals surface area contributed by atoms with E-state index >= 15 is 0 Å². The summed E-state index contributed by atoms with van der Waals surface area (Å²) in [6.07, 6.45) is 0. The molecule has 3 aromatic rings. The third kappa shape index (κ3) is 2.81. The van der Waals surface area contributed by atoms with Gasteiger partial charge in [-0.05, 0) is 30.3 Å². The molecule has 29 heavy (non-hydrogen) atoms. The minimum Gasteiger partial charge on any atom is -0.497 e. The van der Waals surface area contributed by atoms with Gasteiger partial charge in [0.15, 0.2) is 5.78 Å². The van der Waals surface area contributed by atoms with Crippen molar-refractivity contribution in [2.24, 2.45) is 0 Å². The topological polar surface area (TPSA) is 47.6 Å². The highest BCUT2D eigenvalue weighted by atomic mass is 32.2. The number of benzene rings is 3. The molecule has 0 radical (unpaired) electrons. The van der Waals surface area contributed by atoms with E-state index in [1.807, 2.05) is 60.7 Å². The van der Waals surface area contributed by atoms with Crippen molar-refractivity contribution in [1.82, 2.24) is 0 Å². The number of Topliss-reactive ketones (excluding diaryl/α,β-unsaturated/α-hetero) is 1. The number of rotatable bonds is 3. The minimum absolute atomic E-state index is 0.0540. The summed E-state index contributed by atoms with van der Waals surface area (Å²) in [7, 11) is 3.29. The Balaban J connectivity index is 1.77. The first-order valence-electron chi connectivity index (χ1n) is 9.34. The van der Waals surface area contributed by atoms with Crippen molar-refractivity contribution in [3.05, 3.63) is 89.0 Å². The molecule has 0 saturated heterocycles. The molecule has 0 unspecified atom stereocenters. The summed E-state index contributed by atoms with van der Waals surface area (Å²) in [4.78, 5) is 14.6. The van der Waals surface area contributed by atoms with Crippen LogP contribution in [0.2, 0.25) is 0 Å². The number of carbonyl (C=O) groups excluding carboxylic acids is 1. The SMILES string of the molecule is COc1ccc(OC)c([C@H]2Sc3ccccc3NC3=C2C(=O)c2ccccc23)c1. The Kier molecular flexibility index (Phi) is 4.32. The molecule has 1 aliphatic carbocycles. The zero-order valence-electron chi connectivity index (χ0n) is 16.1. The van der Waals surface area contributed by atoms with E-state index in [9.17, 15) is 4.79 Å². The molecule has 4 nitrogen and oxygen atoms in total. The number of carbonyl (C=O) groups is 1. The molecule has 5 rings (SSSR count). The van der Waals surface area contributed by atoms with Crippen molar-refractivity contribution in [3.63, 3.8) is 0 Å². The average Bonchev–Trinajstić information content (AvgIpc) is 2.93. The summed E-state index contributed by atoms with van der Waals surface area (Å²) in [5, 5.41) is 3.31. The number of para-hydroxylation sites is 1. The molecular formula is C24H19NO3S. The van der Waals surface area contributed by atoms with Crippen LogP contribution in [0.4, 0.5) is 5.69 Å². The molecule has 2 aliphatic rings. The second kappa shape index (κ2) is 7.01. The lowest BCUT2D eigenvalue weighted by Gasteiger charge is -2.20. The molecule has 0 bridgehead atoms. The maximum Gasteiger partial charge on any atom is 0.193 e. The van der Waals surface area contributed by atoms with Crippen molar-refractivity contribution in [2.45, 2.75) is 10.1 Å². The van der Waals surface area contributed by atoms with Crippen molar-refractivity contribution in [2.75, 3.05) is 19.5 Å². The quantitative estimate of drug-likeness (QED) is 0.622. The number of fused-ring (bicyclic) bond motifs is 3. The number of nitrogens with one attached hydrogen (secondary N) is 1. The first-order valence-corrected chi connectivity index (χ1v) is 10.2. The van der Waals surface area contributed by atoms with Gasteiger partial charge in [0.1, 0.15) is 11.5 Å². The van der Waals surface area contributed by atoms with Crippen molar-refractivity contribution in [3.8, 4) is 11.5 Å². The molecule has 1 N–H and O–H groups in total. The minimum atomic E-state index is -0.230. The van der Waals surface area contributed by atoms with Crippen LogP contribution in [0.15, 0.2) is 77.2 Å². The largest absolute Gasteiger partial charge is 0.497 e. The molecule has 0 saturated carbocycles. The molecule has 144 valence electrons. The third-order valence-corrected chi connectivity index (χ3v) is 6.66. The summed E-state index contributed by atoms with van der Waals surface area (Å²) >= 11 is 1.65. The number of ketones is 1. The molecule has 5 heteroatoms.